The molecular weight excluding hydrogens is 344 g/mol. The van der Waals surface area contributed by atoms with Gasteiger partial charge in [-0.05, 0) is 49.2 Å². The number of nitriles is 1. The SMILES string of the molecule is CCOc1cc(CNC(=O)CC#N)ccc1OCCOc1cccc(C)c1. The van der Waals surface area contributed by atoms with Crippen molar-refractivity contribution in [2.45, 2.75) is 26.8 Å². The van der Waals surface area contributed by atoms with Crippen LogP contribution in [0.2, 0.25) is 0 Å². The third-order valence-electron chi connectivity index (χ3n) is 3.64. The molecule has 0 atom stereocenters. The van der Waals surface area contributed by atoms with E-state index in [4.69, 9.17) is 19.5 Å². The van der Waals surface area contributed by atoms with Crippen LogP contribution in [0.5, 0.6) is 17.2 Å². The summed E-state index contributed by atoms with van der Waals surface area (Å²) in [6, 6.07) is 15.2. The van der Waals surface area contributed by atoms with Gasteiger partial charge in [0.25, 0.3) is 0 Å². The Balaban J connectivity index is 1.89. The van der Waals surface area contributed by atoms with Gasteiger partial charge in [0.1, 0.15) is 25.4 Å². The zero-order valence-electron chi connectivity index (χ0n) is 15.7. The van der Waals surface area contributed by atoms with Crippen molar-refractivity contribution in [1.29, 1.82) is 5.26 Å². The van der Waals surface area contributed by atoms with E-state index >= 15 is 0 Å². The average Bonchev–Trinajstić information content (AvgIpc) is 2.65. The fraction of sp³-hybridized carbons (Fsp3) is 0.333. The van der Waals surface area contributed by atoms with Crippen molar-refractivity contribution in [2.75, 3.05) is 19.8 Å². The maximum absolute atomic E-state index is 11.4. The largest absolute Gasteiger partial charge is 0.490 e. The number of carbonyl (C=O) groups excluding carboxylic acids is 1. The third-order valence-corrected chi connectivity index (χ3v) is 3.64. The minimum absolute atomic E-state index is 0.152. The number of carbonyl (C=O) groups is 1. The number of rotatable bonds is 10. The Hall–Kier alpha value is -3.20. The highest BCUT2D eigenvalue weighted by atomic mass is 16.5. The topological polar surface area (TPSA) is 80.6 Å². The molecule has 0 radical (unpaired) electrons. The predicted octanol–water partition coefficient (Wildman–Crippen LogP) is 3.38. The molecule has 27 heavy (non-hydrogen) atoms. The highest BCUT2D eigenvalue weighted by Gasteiger charge is 2.08. The molecule has 2 rings (SSSR count). The summed E-state index contributed by atoms with van der Waals surface area (Å²) in [5.74, 6) is 1.74. The summed E-state index contributed by atoms with van der Waals surface area (Å²) in [6.07, 6.45) is -0.152. The van der Waals surface area contributed by atoms with E-state index in [0.717, 1.165) is 16.9 Å². The number of hydrogen-bond donors (Lipinski definition) is 1. The summed E-state index contributed by atoms with van der Waals surface area (Å²) in [4.78, 5) is 11.4. The first-order chi connectivity index (χ1) is 13.1. The summed E-state index contributed by atoms with van der Waals surface area (Å²) in [7, 11) is 0. The van der Waals surface area contributed by atoms with Crippen LogP contribution in [0.4, 0.5) is 0 Å². The van der Waals surface area contributed by atoms with Crippen molar-refractivity contribution in [2.24, 2.45) is 0 Å². The van der Waals surface area contributed by atoms with Gasteiger partial charge in [-0.25, -0.2) is 0 Å². The minimum Gasteiger partial charge on any atom is -0.490 e. The van der Waals surface area contributed by atoms with Crippen molar-refractivity contribution in [1.82, 2.24) is 5.32 Å². The van der Waals surface area contributed by atoms with Gasteiger partial charge in [0.05, 0.1) is 12.7 Å². The van der Waals surface area contributed by atoms with E-state index in [2.05, 4.69) is 5.32 Å². The van der Waals surface area contributed by atoms with E-state index in [9.17, 15) is 4.79 Å². The first kappa shape index (κ1) is 20.1. The van der Waals surface area contributed by atoms with E-state index in [-0.39, 0.29) is 12.3 Å². The van der Waals surface area contributed by atoms with Crippen LogP contribution < -0.4 is 19.5 Å². The van der Waals surface area contributed by atoms with Crippen molar-refractivity contribution in [3.05, 3.63) is 53.6 Å². The summed E-state index contributed by atoms with van der Waals surface area (Å²) in [5, 5.41) is 11.2. The van der Waals surface area contributed by atoms with Crippen LogP contribution in [-0.4, -0.2) is 25.7 Å². The van der Waals surface area contributed by atoms with E-state index in [1.54, 1.807) is 0 Å². The van der Waals surface area contributed by atoms with Gasteiger partial charge in [-0.1, -0.05) is 18.2 Å². The fourth-order valence-electron chi connectivity index (χ4n) is 2.40. The zero-order valence-corrected chi connectivity index (χ0v) is 15.7. The molecule has 142 valence electrons. The number of aryl methyl sites for hydroxylation is 1. The molecular formula is C21H24N2O4. The first-order valence-electron chi connectivity index (χ1n) is 8.84. The lowest BCUT2D eigenvalue weighted by Gasteiger charge is -2.14. The molecule has 0 unspecified atom stereocenters. The number of nitrogens with one attached hydrogen (secondary N) is 1. The normalized spacial score (nSPS) is 9.96. The van der Waals surface area contributed by atoms with Crippen LogP contribution in [0.15, 0.2) is 42.5 Å². The second-order valence-corrected chi connectivity index (χ2v) is 5.84. The highest BCUT2D eigenvalue weighted by molar-refractivity contribution is 5.77. The van der Waals surface area contributed by atoms with Gasteiger partial charge in [-0.2, -0.15) is 5.26 Å². The second kappa shape index (κ2) is 10.7. The Morgan fingerprint density at radius 2 is 1.89 bits per heavy atom. The van der Waals surface area contributed by atoms with Gasteiger partial charge in [0, 0.05) is 6.54 Å². The lowest BCUT2D eigenvalue weighted by Crippen LogP contribution is -2.21. The Kier molecular flexibility index (Phi) is 7.98. The maximum Gasteiger partial charge on any atom is 0.234 e. The van der Waals surface area contributed by atoms with Crippen LogP contribution in [0, 0.1) is 18.3 Å². The van der Waals surface area contributed by atoms with E-state index in [1.165, 1.54) is 0 Å². The molecule has 0 aromatic heterocycles. The molecule has 0 aliphatic carbocycles. The molecule has 0 saturated heterocycles. The summed E-state index contributed by atoms with van der Waals surface area (Å²) >= 11 is 0. The van der Waals surface area contributed by atoms with E-state index < -0.39 is 0 Å². The molecule has 1 amide bonds. The smallest absolute Gasteiger partial charge is 0.234 e. The molecule has 2 aromatic carbocycles. The lowest BCUT2D eigenvalue weighted by atomic mass is 10.2. The van der Waals surface area contributed by atoms with Crippen LogP contribution in [-0.2, 0) is 11.3 Å². The molecule has 0 spiro atoms. The van der Waals surface area contributed by atoms with Crippen molar-refractivity contribution in [3.63, 3.8) is 0 Å². The number of nitrogens with zero attached hydrogens (tertiary/aromatic N) is 1. The molecule has 0 heterocycles. The van der Waals surface area contributed by atoms with Gasteiger partial charge in [-0.15, -0.1) is 0 Å². The second-order valence-electron chi connectivity index (χ2n) is 5.84. The molecule has 0 saturated carbocycles. The molecule has 0 aliphatic rings. The summed E-state index contributed by atoms with van der Waals surface area (Å²) in [6.45, 7) is 5.54. The first-order valence-corrected chi connectivity index (χ1v) is 8.84. The Morgan fingerprint density at radius 3 is 2.63 bits per heavy atom. The van der Waals surface area contributed by atoms with Gasteiger partial charge in [-0.3, -0.25) is 4.79 Å². The fourth-order valence-corrected chi connectivity index (χ4v) is 2.40. The van der Waals surface area contributed by atoms with Crippen LogP contribution in [0.3, 0.4) is 0 Å². The summed E-state index contributed by atoms with van der Waals surface area (Å²) in [5.41, 5.74) is 2.01. The lowest BCUT2D eigenvalue weighted by molar-refractivity contribution is -0.120. The molecule has 6 heteroatoms. The van der Waals surface area contributed by atoms with Gasteiger partial charge in [0.15, 0.2) is 11.5 Å². The molecule has 2 aromatic rings. The molecule has 1 N–H and O–H groups in total. The molecule has 0 fully saturated rings. The average molecular weight is 368 g/mol. The van der Waals surface area contributed by atoms with E-state index in [1.807, 2.05) is 62.4 Å². The standard InChI is InChI=1S/C21H24N2O4/c1-3-25-20-14-17(15-23-21(24)9-10-22)7-8-19(20)27-12-11-26-18-6-4-5-16(2)13-18/h4-8,13-14H,3,9,11-12,15H2,1-2H3,(H,23,24). The van der Waals surface area contributed by atoms with Crippen LogP contribution in [0.25, 0.3) is 0 Å². The number of hydrogen-bond acceptors (Lipinski definition) is 5. The van der Waals surface area contributed by atoms with E-state index in [0.29, 0.717) is 37.9 Å². The Labute approximate surface area is 159 Å². The number of amides is 1. The summed E-state index contributed by atoms with van der Waals surface area (Å²) < 4.78 is 17.1. The Morgan fingerprint density at radius 1 is 1.07 bits per heavy atom. The molecule has 6 nitrogen and oxygen atoms in total. The van der Waals surface area contributed by atoms with Crippen LogP contribution in [0.1, 0.15) is 24.5 Å². The molecule has 0 bridgehead atoms. The zero-order chi connectivity index (χ0) is 19.5. The minimum atomic E-state index is -0.302. The quantitative estimate of drug-likeness (QED) is 0.650. The van der Waals surface area contributed by atoms with Gasteiger partial charge < -0.3 is 19.5 Å². The highest BCUT2D eigenvalue weighted by Crippen LogP contribution is 2.28. The van der Waals surface area contributed by atoms with Crippen molar-refractivity contribution >= 4 is 5.91 Å². The van der Waals surface area contributed by atoms with Crippen LogP contribution >= 0.6 is 0 Å². The number of benzene rings is 2. The number of ether oxygens (including phenoxy) is 3. The maximum atomic E-state index is 11.4. The Bertz CT molecular complexity index is 799. The van der Waals surface area contributed by atoms with Crippen molar-refractivity contribution < 1.29 is 19.0 Å². The van der Waals surface area contributed by atoms with Crippen molar-refractivity contribution in [3.8, 4) is 23.3 Å². The van der Waals surface area contributed by atoms with Gasteiger partial charge in [0.2, 0.25) is 5.91 Å². The third kappa shape index (κ3) is 6.90. The predicted molar refractivity (Wildman–Crippen MR) is 102 cm³/mol. The van der Waals surface area contributed by atoms with Gasteiger partial charge >= 0.3 is 0 Å². The monoisotopic (exact) mass is 368 g/mol. The molecule has 0 aliphatic heterocycles.